The van der Waals surface area contributed by atoms with Crippen LogP contribution >= 0.6 is 0 Å². The molecule has 0 bridgehead atoms. The Hall–Kier alpha value is -0.770. The monoisotopic (exact) mass is 289 g/mol. The number of nitrogens with two attached hydrogens (primary N) is 3. The lowest BCUT2D eigenvalue weighted by atomic mass is 10.0. The number of hydroxylamine groups is 4. The Labute approximate surface area is 119 Å². The van der Waals surface area contributed by atoms with E-state index in [9.17, 15) is 10.0 Å². The lowest BCUT2D eigenvalue weighted by Gasteiger charge is -2.36. The maximum Gasteiger partial charge on any atom is 0.239 e. The molecule has 0 aromatic carbocycles. The molecule has 8 nitrogen and oxygen atoms in total. The van der Waals surface area contributed by atoms with Gasteiger partial charge in [-0.25, -0.2) is 10.0 Å². The fourth-order valence-electron chi connectivity index (χ4n) is 2.57. The van der Waals surface area contributed by atoms with E-state index in [-0.39, 0.29) is 12.5 Å². The average molecular weight is 289 g/mol. The first-order chi connectivity index (χ1) is 9.11. The summed E-state index contributed by atoms with van der Waals surface area (Å²) in [5.74, 6) is -0.0336. The van der Waals surface area contributed by atoms with E-state index in [0.29, 0.717) is 19.3 Å². The molecular formula is C12H27N5O3. The van der Waals surface area contributed by atoms with E-state index in [4.69, 9.17) is 22.4 Å². The Morgan fingerprint density at radius 1 is 1.45 bits per heavy atom. The number of nitrogens with zero attached hydrogens (tertiary/aromatic N) is 2. The molecule has 1 fully saturated rings. The zero-order chi connectivity index (χ0) is 15.4. The number of rotatable bonds is 7. The number of carbonyl (C=O) groups excluding carboxylic acids is 1. The lowest BCUT2D eigenvalue weighted by molar-refractivity contribution is -1.05. The van der Waals surface area contributed by atoms with Crippen molar-refractivity contribution in [3.63, 3.8) is 0 Å². The molecule has 1 rings (SSSR count). The van der Waals surface area contributed by atoms with Crippen LogP contribution in [0.3, 0.4) is 0 Å². The third-order valence-electron chi connectivity index (χ3n) is 3.48. The van der Waals surface area contributed by atoms with Crippen LogP contribution in [0, 0.1) is 5.21 Å². The molecule has 8 heteroatoms. The van der Waals surface area contributed by atoms with Crippen molar-refractivity contribution in [2.75, 3.05) is 26.7 Å². The molecule has 1 heterocycles. The van der Waals surface area contributed by atoms with Gasteiger partial charge in [0.2, 0.25) is 5.91 Å². The molecular weight excluding hydrogens is 262 g/mol. The van der Waals surface area contributed by atoms with E-state index < -0.39 is 16.5 Å². The standard InChI is InChI=1S/C12H27N5O3/c1-17(19,20)9-12(14,15)6-4-5-10(13)11(18)16-7-2-3-8-16/h10,19H,2-9,13-15H2,1H3/t10-/m0/s1. The summed E-state index contributed by atoms with van der Waals surface area (Å²) in [6.45, 7) is 1.25. The van der Waals surface area contributed by atoms with Gasteiger partial charge in [0.25, 0.3) is 0 Å². The Morgan fingerprint density at radius 2 is 2.00 bits per heavy atom. The number of likely N-dealkylation sites (N-methyl/N-ethyl adjacent to an activating group) is 1. The van der Waals surface area contributed by atoms with Crippen molar-refractivity contribution >= 4 is 5.91 Å². The Bertz CT molecular complexity index is 324. The van der Waals surface area contributed by atoms with E-state index in [1.165, 1.54) is 0 Å². The van der Waals surface area contributed by atoms with Crippen LogP contribution in [0.5, 0.6) is 0 Å². The van der Waals surface area contributed by atoms with Crippen LogP contribution in [-0.4, -0.2) is 59.2 Å². The molecule has 2 atom stereocenters. The zero-order valence-electron chi connectivity index (χ0n) is 12.1. The summed E-state index contributed by atoms with van der Waals surface area (Å²) in [5.41, 5.74) is 16.1. The molecule has 1 aliphatic rings. The smallest absolute Gasteiger partial charge is 0.239 e. The fraction of sp³-hybridized carbons (Fsp3) is 0.917. The molecule has 7 N–H and O–H groups in total. The summed E-state index contributed by atoms with van der Waals surface area (Å²) in [5, 5.41) is 20.3. The van der Waals surface area contributed by atoms with Gasteiger partial charge in [-0.15, -0.1) is 0 Å². The van der Waals surface area contributed by atoms with Crippen LogP contribution in [-0.2, 0) is 4.79 Å². The number of hydrogen-bond acceptors (Lipinski definition) is 6. The Balaban J connectivity index is 2.30. The van der Waals surface area contributed by atoms with E-state index >= 15 is 0 Å². The van der Waals surface area contributed by atoms with Crippen molar-refractivity contribution in [1.82, 2.24) is 4.90 Å². The zero-order valence-corrected chi connectivity index (χ0v) is 12.1. The second kappa shape index (κ2) is 6.79. The second-order valence-corrected chi connectivity index (χ2v) is 5.97. The first kappa shape index (κ1) is 17.3. The number of carbonyl (C=O) groups is 1. The van der Waals surface area contributed by atoms with Gasteiger partial charge in [-0.1, -0.05) is 0 Å². The van der Waals surface area contributed by atoms with E-state index in [1.807, 2.05) is 0 Å². The fourth-order valence-corrected chi connectivity index (χ4v) is 2.57. The Kier molecular flexibility index (Phi) is 5.87. The van der Waals surface area contributed by atoms with Crippen molar-refractivity contribution in [3.8, 4) is 0 Å². The highest BCUT2D eigenvalue weighted by Gasteiger charge is 2.28. The van der Waals surface area contributed by atoms with Gasteiger partial charge in [-0.2, -0.15) is 0 Å². The topological polar surface area (TPSA) is 142 Å². The van der Waals surface area contributed by atoms with Crippen molar-refractivity contribution in [2.45, 2.75) is 43.8 Å². The second-order valence-electron chi connectivity index (χ2n) is 5.97. The number of quaternary nitrogens is 1. The molecule has 1 unspecified atom stereocenters. The predicted molar refractivity (Wildman–Crippen MR) is 75.0 cm³/mol. The molecule has 118 valence electrons. The molecule has 0 aromatic heterocycles. The van der Waals surface area contributed by atoms with Crippen LogP contribution in [0.1, 0.15) is 32.1 Å². The lowest BCUT2D eigenvalue weighted by Crippen LogP contribution is -2.60. The first-order valence-corrected chi connectivity index (χ1v) is 7.02. The quantitative estimate of drug-likeness (QED) is 0.270. The summed E-state index contributed by atoms with van der Waals surface area (Å²) < 4.78 is 0. The highest BCUT2D eigenvalue weighted by molar-refractivity contribution is 5.81. The largest absolute Gasteiger partial charge is 0.599 e. The molecule has 1 saturated heterocycles. The van der Waals surface area contributed by atoms with E-state index in [2.05, 4.69) is 0 Å². The molecule has 20 heavy (non-hydrogen) atoms. The first-order valence-electron chi connectivity index (χ1n) is 7.02. The van der Waals surface area contributed by atoms with Gasteiger partial charge >= 0.3 is 0 Å². The van der Waals surface area contributed by atoms with Gasteiger partial charge < -0.3 is 27.3 Å². The maximum absolute atomic E-state index is 12.0. The van der Waals surface area contributed by atoms with Crippen molar-refractivity contribution in [3.05, 3.63) is 5.21 Å². The molecule has 0 aromatic rings. The average Bonchev–Trinajstić information content (AvgIpc) is 2.77. The van der Waals surface area contributed by atoms with E-state index in [0.717, 1.165) is 33.0 Å². The normalized spacial score (nSPS) is 20.8. The SMILES string of the molecule is C[N+]([O-])(O)CC(N)(N)CCC[C@H](N)C(=O)N1CCCC1. The van der Waals surface area contributed by atoms with Gasteiger partial charge in [0.05, 0.1) is 13.1 Å². The molecule has 0 saturated carbocycles. The third-order valence-corrected chi connectivity index (χ3v) is 3.48. The molecule has 0 radical (unpaired) electrons. The summed E-state index contributed by atoms with van der Waals surface area (Å²) in [6.07, 6.45) is 3.39. The molecule has 0 aliphatic carbocycles. The highest BCUT2D eigenvalue weighted by Crippen LogP contribution is 2.14. The van der Waals surface area contributed by atoms with E-state index in [1.54, 1.807) is 4.90 Å². The van der Waals surface area contributed by atoms with Gasteiger partial charge in [0, 0.05) is 13.1 Å². The van der Waals surface area contributed by atoms with Gasteiger partial charge in [0.15, 0.2) is 0 Å². The molecule has 1 aliphatic heterocycles. The Morgan fingerprint density at radius 3 is 2.50 bits per heavy atom. The summed E-state index contributed by atoms with van der Waals surface area (Å²) >= 11 is 0. The minimum Gasteiger partial charge on any atom is -0.599 e. The minimum absolute atomic E-state index is 0.0336. The molecule has 0 spiro atoms. The predicted octanol–water partition coefficient (Wildman–Crippen LogP) is -0.946. The number of hydrogen-bond donors (Lipinski definition) is 4. The van der Waals surface area contributed by atoms with Crippen LogP contribution < -0.4 is 17.2 Å². The van der Waals surface area contributed by atoms with Crippen LogP contribution in [0.15, 0.2) is 0 Å². The maximum atomic E-state index is 12.0. The number of likely N-dealkylation sites (tertiary alicyclic amines) is 1. The molecule has 1 amide bonds. The minimum atomic E-state index is -1.52. The summed E-state index contributed by atoms with van der Waals surface area (Å²) in [6, 6.07) is -0.550. The third kappa shape index (κ3) is 6.12. The van der Waals surface area contributed by atoms with Crippen molar-refractivity contribution in [2.24, 2.45) is 17.2 Å². The van der Waals surface area contributed by atoms with Crippen LogP contribution in [0.2, 0.25) is 0 Å². The van der Waals surface area contributed by atoms with Crippen LogP contribution in [0.4, 0.5) is 0 Å². The summed E-state index contributed by atoms with van der Waals surface area (Å²) in [7, 11) is 1.07. The van der Waals surface area contributed by atoms with Gasteiger partial charge in [-0.3, -0.25) is 4.79 Å². The number of amides is 1. The van der Waals surface area contributed by atoms with Crippen LogP contribution in [0.25, 0.3) is 0 Å². The summed E-state index contributed by atoms with van der Waals surface area (Å²) in [4.78, 5) is 12.2. The van der Waals surface area contributed by atoms with Crippen molar-refractivity contribution < 1.29 is 14.8 Å². The van der Waals surface area contributed by atoms with Crippen molar-refractivity contribution in [1.29, 1.82) is 0 Å². The highest BCUT2D eigenvalue weighted by atomic mass is 16.8. The van der Waals surface area contributed by atoms with Gasteiger partial charge in [-0.05, 0) is 32.1 Å². The van der Waals surface area contributed by atoms with Gasteiger partial charge in [0.1, 0.15) is 12.2 Å².